The molecular formula is C51H31N5. The molecule has 0 amide bonds. The Balaban J connectivity index is 1.41. The number of rotatable bonds is 6. The molecule has 260 valence electrons. The van der Waals surface area contributed by atoms with Crippen LogP contribution in [0.3, 0.4) is 0 Å². The van der Waals surface area contributed by atoms with Gasteiger partial charge < -0.3 is 0 Å². The molecule has 5 heteroatoms. The Morgan fingerprint density at radius 3 is 1.32 bits per heavy atom. The number of para-hydroxylation sites is 1. The molecule has 0 saturated heterocycles. The van der Waals surface area contributed by atoms with Gasteiger partial charge in [0.25, 0.3) is 0 Å². The summed E-state index contributed by atoms with van der Waals surface area (Å²) in [6.07, 6.45) is 0. The fourth-order valence-corrected chi connectivity index (χ4v) is 8.47. The largest absolute Gasteiger partial charge is 0.247 e. The van der Waals surface area contributed by atoms with Gasteiger partial charge in [-0.3, -0.25) is 0 Å². The van der Waals surface area contributed by atoms with Crippen LogP contribution in [0, 0.1) is 10.4 Å². The highest BCUT2D eigenvalue weighted by Gasteiger charge is 2.35. The molecule has 0 bridgehead atoms. The molecular weight excluding hydrogens is 683 g/mol. The molecule has 8 aromatic carbocycles. The molecule has 5 nitrogen and oxygen atoms in total. The zero-order valence-electron chi connectivity index (χ0n) is 30.1. The standard InChI is InChI=1S/C51H31N5/c1-6-18-32(19-7-1)41-42(33-20-8-2-9-21-33)46(51-44(35-24-12-4-13-25-35)48(54-56-55-51)36-26-14-5-15-27-36)47-45-40(53-50(47)43(41)34-22-10-3-11-23-34)31-30-38-37-28-16-17-29-39(37)52-49(38)45/h1-31H. The number of aromatic nitrogens is 3. The lowest BCUT2D eigenvalue weighted by molar-refractivity contribution is 0.879. The molecule has 3 heterocycles. The van der Waals surface area contributed by atoms with Crippen LogP contribution < -0.4 is 10.7 Å². The van der Waals surface area contributed by atoms with Gasteiger partial charge in [-0.2, -0.15) is 0 Å². The number of fused-ring (bicyclic) bond motifs is 6. The van der Waals surface area contributed by atoms with E-state index in [1.54, 1.807) is 0 Å². The van der Waals surface area contributed by atoms with E-state index in [1.165, 1.54) is 0 Å². The molecule has 2 aliphatic rings. The lowest BCUT2D eigenvalue weighted by atomic mass is 9.77. The molecule has 0 fully saturated rings. The summed E-state index contributed by atoms with van der Waals surface area (Å²) in [5, 5.41) is 18.5. The quantitative estimate of drug-likeness (QED) is 0.172. The van der Waals surface area contributed by atoms with E-state index in [2.05, 4.69) is 169 Å². The van der Waals surface area contributed by atoms with Crippen molar-refractivity contribution in [2.75, 3.05) is 0 Å². The first kappa shape index (κ1) is 31.9. The number of hydrogen-bond acceptors (Lipinski definition) is 5. The minimum absolute atomic E-state index is 0.730. The summed E-state index contributed by atoms with van der Waals surface area (Å²) >= 11 is 0. The summed E-state index contributed by atoms with van der Waals surface area (Å²) in [5.74, 6) is 0. The fourth-order valence-electron chi connectivity index (χ4n) is 8.47. The highest BCUT2D eigenvalue weighted by Crippen LogP contribution is 2.59. The number of nitrogens with zero attached hydrogens (tertiary/aromatic N) is 5. The van der Waals surface area contributed by atoms with Crippen molar-refractivity contribution < 1.29 is 0 Å². The third-order valence-electron chi connectivity index (χ3n) is 10.8. The molecule has 0 atom stereocenters. The molecule has 0 spiro atoms. The molecule has 0 unspecified atom stereocenters. The van der Waals surface area contributed by atoms with Gasteiger partial charge in [0, 0.05) is 54.9 Å². The monoisotopic (exact) mass is 713 g/mol. The van der Waals surface area contributed by atoms with E-state index in [4.69, 9.17) is 20.2 Å². The van der Waals surface area contributed by atoms with Crippen LogP contribution in [-0.2, 0) is 0 Å². The average molecular weight is 714 g/mol. The second-order valence-electron chi connectivity index (χ2n) is 14.0. The molecule has 1 aromatic heterocycles. The van der Waals surface area contributed by atoms with Gasteiger partial charge in [0.05, 0.1) is 22.1 Å². The van der Waals surface area contributed by atoms with Gasteiger partial charge in [0.15, 0.2) is 0 Å². The number of benzene rings is 8. The van der Waals surface area contributed by atoms with E-state index in [0.717, 1.165) is 111 Å². The maximum atomic E-state index is 5.60. The Bertz CT molecular complexity index is 3210. The van der Waals surface area contributed by atoms with Crippen molar-refractivity contribution in [1.29, 1.82) is 0 Å². The summed E-state index contributed by atoms with van der Waals surface area (Å²) in [4.78, 5) is 10.9. The van der Waals surface area contributed by atoms with Crippen LogP contribution in [-0.4, -0.2) is 15.4 Å². The molecule has 11 rings (SSSR count). The lowest BCUT2D eigenvalue weighted by Gasteiger charge is -2.25. The van der Waals surface area contributed by atoms with Crippen LogP contribution in [0.15, 0.2) is 198 Å². The minimum Gasteiger partial charge on any atom is -0.247 e. The first-order valence-corrected chi connectivity index (χ1v) is 18.8. The van der Waals surface area contributed by atoms with Crippen LogP contribution in [0.5, 0.6) is 0 Å². The van der Waals surface area contributed by atoms with Crippen molar-refractivity contribution in [3.63, 3.8) is 0 Å². The van der Waals surface area contributed by atoms with Crippen LogP contribution in [0.25, 0.3) is 78.1 Å². The van der Waals surface area contributed by atoms with Crippen LogP contribution >= 0.6 is 0 Å². The van der Waals surface area contributed by atoms with Gasteiger partial charge in [-0.1, -0.05) is 170 Å². The maximum absolute atomic E-state index is 5.60. The summed E-state index contributed by atoms with van der Waals surface area (Å²) in [6.45, 7) is 0. The van der Waals surface area contributed by atoms with Gasteiger partial charge in [0.2, 0.25) is 0 Å². The van der Waals surface area contributed by atoms with Crippen molar-refractivity contribution in [2.24, 2.45) is 9.98 Å². The van der Waals surface area contributed by atoms with E-state index in [-0.39, 0.29) is 0 Å². The molecule has 2 aliphatic heterocycles. The summed E-state index contributed by atoms with van der Waals surface area (Å²) in [5.41, 5.74) is 15.5. The van der Waals surface area contributed by atoms with Gasteiger partial charge in [0.1, 0.15) is 11.4 Å². The highest BCUT2D eigenvalue weighted by molar-refractivity contribution is 6.16. The van der Waals surface area contributed by atoms with Crippen molar-refractivity contribution in [1.82, 2.24) is 15.4 Å². The Labute approximate surface area is 323 Å². The Hall–Kier alpha value is -7.63. The smallest absolute Gasteiger partial charge is 0.106 e. The molecule has 9 aromatic rings. The SMILES string of the molecule is c1ccc(-c2nnnc(-c3c4c(c(-c5ccccc5)c(-c5ccccc5)c3-c3ccccc3)N=c3ccc5c(c3-4)N=c3ccccc3=5)c2-c2ccccc2)cc1. The van der Waals surface area contributed by atoms with Crippen molar-refractivity contribution in [3.05, 3.63) is 209 Å². The van der Waals surface area contributed by atoms with Crippen molar-refractivity contribution in [3.8, 4) is 78.1 Å². The van der Waals surface area contributed by atoms with E-state index in [0.29, 0.717) is 0 Å². The van der Waals surface area contributed by atoms with Crippen LogP contribution in [0.4, 0.5) is 11.4 Å². The number of hydrogen-bond donors (Lipinski definition) is 0. The summed E-state index contributed by atoms with van der Waals surface area (Å²) in [6, 6.07) is 65.4. The lowest BCUT2D eigenvalue weighted by Crippen LogP contribution is -2.05. The predicted molar refractivity (Wildman–Crippen MR) is 224 cm³/mol. The topological polar surface area (TPSA) is 63.4 Å². The van der Waals surface area contributed by atoms with Gasteiger partial charge in [-0.25, -0.2) is 9.98 Å². The van der Waals surface area contributed by atoms with Crippen molar-refractivity contribution in [2.45, 2.75) is 0 Å². The fraction of sp³-hybridized carbons (Fsp3) is 0. The minimum atomic E-state index is 0.730. The molecule has 0 aliphatic carbocycles. The zero-order valence-corrected chi connectivity index (χ0v) is 30.1. The second kappa shape index (κ2) is 13.0. The van der Waals surface area contributed by atoms with Crippen LogP contribution in [0.1, 0.15) is 0 Å². The van der Waals surface area contributed by atoms with Gasteiger partial charge in [-0.15, -0.1) is 10.2 Å². The first-order chi connectivity index (χ1) is 27.8. The van der Waals surface area contributed by atoms with E-state index in [9.17, 15) is 0 Å². The van der Waals surface area contributed by atoms with Crippen molar-refractivity contribution >= 4 is 11.4 Å². The highest BCUT2D eigenvalue weighted by atomic mass is 15.3. The maximum Gasteiger partial charge on any atom is 0.106 e. The molecule has 0 saturated carbocycles. The van der Waals surface area contributed by atoms with E-state index >= 15 is 0 Å². The van der Waals surface area contributed by atoms with E-state index < -0.39 is 0 Å². The molecule has 0 N–H and O–H groups in total. The summed E-state index contributed by atoms with van der Waals surface area (Å²) < 4.78 is 0. The first-order valence-electron chi connectivity index (χ1n) is 18.8. The zero-order chi connectivity index (χ0) is 37.0. The predicted octanol–water partition coefficient (Wildman–Crippen LogP) is 11.4. The van der Waals surface area contributed by atoms with Crippen LogP contribution in [0.2, 0.25) is 0 Å². The Morgan fingerprint density at radius 1 is 0.250 bits per heavy atom. The average Bonchev–Trinajstić information content (AvgIpc) is 3.86. The third kappa shape index (κ3) is 4.99. The molecule has 56 heavy (non-hydrogen) atoms. The third-order valence-corrected chi connectivity index (χ3v) is 10.8. The second-order valence-corrected chi connectivity index (χ2v) is 14.0. The Morgan fingerprint density at radius 2 is 0.714 bits per heavy atom. The Kier molecular flexibility index (Phi) is 7.42. The van der Waals surface area contributed by atoms with Gasteiger partial charge in [-0.05, 0) is 45.7 Å². The molecule has 0 radical (unpaired) electrons. The normalized spacial score (nSPS) is 11.9. The van der Waals surface area contributed by atoms with E-state index in [1.807, 2.05) is 24.3 Å². The van der Waals surface area contributed by atoms with Gasteiger partial charge >= 0.3 is 0 Å². The summed E-state index contributed by atoms with van der Waals surface area (Å²) in [7, 11) is 0.